The Kier molecular flexibility index (Phi) is 6.03. The van der Waals surface area contributed by atoms with Gasteiger partial charge in [-0.15, -0.1) is 0 Å². The molecule has 0 saturated heterocycles. The lowest BCUT2D eigenvalue weighted by Gasteiger charge is -2.25. The molecule has 0 heterocycles. The van der Waals surface area contributed by atoms with E-state index < -0.39 is 10.8 Å². The van der Waals surface area contributed by atoms with Crippen molar-refractivity contribution in [3.05, 3.63) is 75.8 Å². The number of rotatable bonds is 7. The van der Waals surface area contributed by atoms with Gasteiger partial charge in [-0.1, -0.05) is 42.5 Å². The van der Waals surface area contributed by atoms with E-state index in [0.29, 0.717) is 25.2 Å². The van der Waals surface area contributed by atoms with Gasteiger partial charge in [0, 0.05) is 31.8 Å². The highest BCUT2D eigenvalue weighted by Crippen LogP contribution is 2.23. The number of nitro groups is 1. The van der Waals surface area contributed by atoms with Crippen molar-refractivity contribution in [3.63, 3.8) is 0 Å². The van der Waals surface area contributed by atoms with Crippen LogP contribution < -0.4 is 5.73 Å². The van der Waals surface area contributed by atoms with Gasteiger partial charge in [0.05, 0.1) is 10.8 Å². The van der Waals surface area contributed by atoms with Gasteiger partial charge in [-0.25, -0.2) is 0 Å². The first kappa shape index (κ1) is 17.6. The number of nitrogens with zero attached hydrogens (tertiary/aromatic N) is 2. The molecule has 0 fully saturated rings. The summed E-state index contributed by atoms with van der Waals surface area (Å²) in [6.07, 6.45) is 0. The molecule has 126 valence electrons. The lowest BCUT2D eigenvalue weighted by Crippen LogP contribution is -2.37. The van der Waals surface area contributed by atoms with Crippen LogP contribution in [0.25, 0.3) is 0 Å². The normalized spacial score (nSPS) is 11.8. The van der Waals surface area contributed by atoms with Gasteiger partial charge in [0.15, 0.2) is 0 Å². The van der Waals surface area contributed by atoms with Crippen molar-refractivity contribution in [2.24, 2.45) is 5.73 Å². The minimum Gasteiger partial charge on any atom is -0.337 e. The number of nitro benzene ring substituents is 1. The van der Waals surface area contributed by atoms with E-state index >= 15 is 0 Å². The van der Waals surface area contributed by atoms with Crippen LogP contribution in [0.5, 0.6) is 0 Å². The van der Waals surface area contributed by atoms with Gasteiger partial charge < -0.3 is 10.6 Å². The molecule has 0 aromatic heterocycles. The zero-order valence-corrected chi connectivity index (χ0v) is 13.6. The molecule has 0 spiro atoms. The predicted molar refractivity (Wildman–Crippen MR) is 92.4 cm³/mol. The Bertz CT molecular complexity index is 704. The topological polar surface area (TPSA) is 89.5 Å². The maximum atomic E-state index is 12.8. The van der Waals surface area contributed by atoms with E-state index in [1.807, 2.05) is 30.3 Å². The third kappa shape index (κ3) is 4.39. The van der Waals surface area contributed by atoms with E-state index in [9.17, 15) is 14.9 Å². The van der Waals surface area contributed by atoms with Gasteiger partial charge in [0.2, 0.25) is 5.91 Å². The molecule has 0 aliphatic rings. The lowest BCUT2D eigenvalue weighted by molar-refractivity contribution is -0.384. The Balaban J connectivity index is 2.19. The second-order valence-corrected chi connectivity index (χ2v) is 5.61. The summed E-state index contributed by atoms with van der Waals surface area (Å²) in [6, 6.07) is 15.9. The highest BCUT2D eigenvalue weighted by Gasteiger charge is 2.23. The van der Waals surface area contributed by atoms with Gasteiger partial charge in [0.25, 0.3) is 5.69 Å². The smallest absolute Gasteiger partial charge is 0.269 e. The summed E-state index contributed by atoms with van der Waals surface area (Å²) in [5.74, 6) is -0.565. The number of amides is 1. The fourth-order valence-electron chi connectivity index (χ4n) is 2.55. The molecule has 1 atom stereocenters. The quantitative estimate of drug-likeness (QED) is 0.625. The molecule has 0 aliphatic carbocycles. The van der Waals surface area contributed by atoms with E-state index in [-0.39, 0.29) is 11.6 Å². The Hall–Kier alpha value is -2.73. The maximum absolute atomic E-state index is 12.8. The first-order valence-electron chi connectivity index (χ1n) is 7.80. The second kappa shape index (κ2) is 8.21. The molecule has 2 rings (SSSR count). The zero-order chi connectivity index (χ0) is 17.5. The molecular formula is C18H21N3O3. The number of carbonyl (C=O) groups excluding carboxylic acids is 1. The average molecular weight is 327 g/mol. The van der Waals surface area contributed by atoms with Crippen LogP contribution in [0.15, 0.2) is 54.6 Å². The Labute approximate surface area is 141 Å². The molecular weight excluding hydrogens is 306 g/mol. The Morgan fingerprint density at radius 2 is 1.92 bits per heavy atom. The lowest BCUT2D eigenvalue weighted by atomic mass is 9.98. The first-order valence-corrected chi connectivity index (χ1v) is 7.80. The molecule has 2 aromatic carbocycles. The molecule has 0 saturated carbocycles. The first-order chi connectivity index (χ1) is 11.5. The number of hydrogen-bond donors (Lipinski definition) is 1. The molecule has 6 nitrogen and oxygen atoms in total. The predicted octanol–water partition coefficient (Wildman–Crippen LogP) is 2.69. The standard InChI is InChI=1S/C18H21N3O3/c1-14(16-8-5-9-17(12-16)21(23)24)18(22)20(11-10-19)13-15-6-3-2-4-7-15/h2-9,12,14H,10-11,13,19H2,1H3. The van der Waals surface area contributed by atoms with Crippen LogP contribution in [0.3, 0.4) is 0 Å². The SMILES string of the molecule is CC(C(=O)N(CCN)Cc1ccccc1)c1cccc([N+](=O)[O-])c1. The molecule has 0 aliphatic heterocycles. The van der Waals surface area contributed by atoms with E-state index in [2.05, 4.69) is 0 Å². The number of non-ortho nitro benzene ring substituents is 1. The van der Waals surface area contributed by atoms with E-state index in [1.54, 1.807) is 24.0 Å². The Morgan fingerprint density at radius 1 is 1.21 bits per heavy atom. The van der Waals surface area contributed by atoms with Gasteiger partial charge in [-0.05, 0) is 18.1 Å². The van der Waals surface area contributed by atoms with E-state index in [0.717, 1.165) is 5.56 Å². The summed E-state index contributed by atoms with van der Waals surface area (Å²) in [6.45, 7) is 3.03. The van der Waals surface area contributed by atoms with Crippen molar-refractivity contribution in [3.8, 4) is 0 Å². The number of carbonyl (C=O) groups is 1. The highest BCUT2D eigenvalue weighted by molar-refractivity contribution is 5.83. The highest BCUT2D eigenvalue weighted by atomic mass is 16.6. The van der Waals surface area contributed by atoms with Crippen molar-refractivity contribution in [2.75, 3.05) is 13.1 Å². The van der Waals surface area contributed by atoms with Crippen LogP contribution in [0, 0.1) is 10.1 Å². The van der Waals surface area contributed by atoms with E-state index in [1.165, 1.54) is 12.1 Å². The van der Waals surface area contributed by atoms with Gasteiger partial charge in [-0.3, -0.25) is 14.9 Å². The summed E-state index contributed by atoms with van der Waals surface area (Å²) in [7, 11) is 0. The monoisotopic (exact) mass is 327 g/mol. The van der Waals surface area contributed by atoms with Crippen molar-refractivity contribution >= 4 is 11.6 Å². The van der Waals surface area contributed by atoms with Crippen LogP contribution in [0.4, 0.5) is 5.69 Å². The van der Waals surface area contributed by atoms with Crippen LogP contribution in [0.1, 0.15) is 24.0 Å². The summed E-state index contributed by atoms with van der Waals surface area (Å²) in [5, 5.41) is 10.9. The third-order valence-electron chi connectivity index (χ3n) is 3.88. The third-order valence-corrected chi connectivity index (χ3v) is 3.88. The molecule has 2 N–H and O–H groups in total. The summed E-state index contributed by atoms with van der Waals surface area (Å²) < 4.78 is 0. The summed E-state index contributed by atoms with van der Waals surface area (Å²) in [5.41, 5.74) is 7.27. The molecule has 0 bridgehead atoms. The fraction of sp³-hybridized carbons (Fsp3) is 0.278. The average Bonchev–Trinajstić information content (AvgIpc) is 2.61. The molecule has 1 unspecified atom stereocenters. The van der Waals surface area contributed by atoms with Crippen LogP contribution in [0.2, 0.25) is 0 Å². The summed E-state index contributed by atoms with van der Waals surface area (Å²) in [4.78, 5) is 25.0. The minimum atomic E-state index is -0.472. The number of nitrogens with two attached hydrogens (primary N) is 1. The Morgan fingerprint density at radius 3 is 2.54 bits per heavy atom. The van der Waals surface area contributed by atoms with Crippen LogP contribution in [-0.2, 0) is 11.3 Å². The number of benzene rings is 2. The molecule has 24 heavy (non-hydrogen) atoms. The van der Waals surface area contributed by atoms with E-state index in [4.69, 9.17) is 5.73 Å². The molecule has 6 heteroatoms. The largest absolute Gasteiger partial charge is 0.337 e. The molecule has 1 amide bonds. The van der Waals surface area contributed by atoms with Gasteiger partial charge in [-0.2, -0.15) is 0 Å². The van der Waals surface area contributed by atoms with Crippen LogP contribution in [-0.4, -0.2) is 28.8 Å². The van der Waals surface area contributed by atoms with Crippen molar-refractivity contribution in [1.82, 2.24) is 4.90 Å². The molecule has 0 radical (unpaired) electrons. The van der Waals surface area contributed by atoms with Crippen LogP contribution >= 0.6 is 0 Å². The van der Waals surface area contributed by atoms with Gasteiger partial charge >= 0.3 is 0 Å². The van der Waals surface area contributed by atoms with Crippen molar-refractivity contribution < 1.29 is 9.72 Å². The molecule has 2 aromatic rings. The summed E-state index contributed by atoms with van der Waals surface area (Å²) >= 11 is 0. The maximum Gasteiger partial charge on any atom is 0.269 e. The van der Waals surface area contributed by atoms with Crippen molar-refractivity contribution in [1.29, 1.82) is 0 Å². The number of hydrogen-bond acceptors (Lipinski definition) is 4. The van der Waals surface area contributed by atoms with Crippen molar-refractivity contribution in [2.45, 2.75) is 19.4 Å². The minimum absolute atomic E-state index is 0.0133. The van der Waals surface area contributed by atoms with Gasteiger partial charge in [0.1, 0.15) is 0 Å². The fourth-order valence-corrected chi connectivity index (χ4v) is 2.55. The second-order valence-electron chi connectivity index (χ2n) is 5.61. The zero-order valence-electron chi connectivity index (χ0n) is 13.6.